The number of rotatable bonds is 6. The molecule has 28 heavy (non-hydrogen) atoms. The van der Waals surface area contributed by atoms with Crippen LogP contribution in [-0.4, -0.2) is 45.4 Å². The number of benzene rings is 2. The summed E-state index contributed by atoms with van der Waals surface area (Å²) >= 11 is 0. The van der Waals surface area contributed by atoms with Gasteiger partial charge in [0.15, 0.2) is 11.5 Å². The fraction of sp³-hybridized carbons (Fsp3) is 0.409. The third-order valence-electron chi connectivity index (χ3n) is 4.90. The van der Waals surface area contributed by atoms with Crippen molar-refractivity contribution in [3.8, 4) is 11.5 Å². The molecule has 3 rings (SSSR count). The number of carbonyl (C=O) groups is 1. The zero-order valence-electron chi connectivity index (χ0n) is 16.9. The Morgan fingerprint density at radius 1 is 1.11 bits per heavy atom. The van der Waals surface area contributed by atoms with Gasteiger partial charge in [-0.15, -0.1) is 0 Å². The van der Waals surface area contributed by atoms with Crippen LogP contribution in [0.2, 0.25) is 0 Å². The summed E-state index contributed by atoms with van der Waals surface area (Å²) in [4.78, 5) is 14.7. The van der Waals surface area contributed by atoms with Gasteiger partial charge in [0.25, 0.3) is 0 Å². The van der Waals surface area contributed by atoms with Crippen LogP contribution in [0.25, 0.3) is 0 Å². The highest BCUT2D eigenvalue weighted by Crippen LogP contribution is 2.28. The van der Waals surface area contributed by atoms with Crippen LogP contribution in [0.4, 0.5) is 11.4 Å². The lowest BCUT2D eigenvalue weighted by atomic mass is 10.1. The van der Waals surface area contributed by atoms with Gasteiger partial charge in [-0.1, -0.05) is 6.07 Å². The summed E-state index contributed by atoms with van der Waals surface area (Å²) in [6.45, 7) is 5.84. The van der Waals surface area contributed by atoms with Crippen molar-refractivity contribution < 1.29 is 19.0 Å². The van der Waals surface area contributed by atoms with E-state index in [1.807, 2.05) is 36.4 Å². The Hall–Kier alpha value is -2.73. The van der Waals surface area contributed by atoms with E-state index in [9.17, 15) is 4.79 Å². The molecule has 2 aromatic rings. The van der Waals surface area contributed by atoms with Gasteiger partial charge >= 0.3 is 0 Å². The maximum absolute atomic E-state index is 12.4. The predicted molar refractivity (Wildman–Crippen MR) is 111 cm³/mol. The second-order valence-corrected chi connectivity index (χ2v) is 7.11. The highest BCUT2D eigenvalue weighted by Gasteiger charge is 2.23. The van der Waals surface area contributed by atoms with Crippen molar-refractivity contribution in [3.05, 3.63) is 48.0 Å². The highest BCUT2D eigenvalue weighted by atomic mass is 16.5. The van der Waals surface area contributed by atoms with Crippen molar-refractivity contribution in [1.82, 2.24) is 0 Å². The molecule has 1 heterocycles. The number of ether oxygens (including phenoxy) is 3. The van der Waals surface area contributed by atoms with E-state index in [0.29, 0.717) is 17.5 Å². The molecule has 2 unspecified atom stereocenters. The first-order valence-corrected chi connectivity index (χ1v) is 9.49. The lowest BCUT2D eigenvalue weighted by Gasteiger charge is -2.38. The number of hydrogen-bond donors (Lipinski definition) is 1. The quantitative estimate of drug-likeness (QED) is 0.826. The highest BCUT2D eigenvalue weighted by molar-refractivity contribution is 5.92. The fourth-order valence-corrected chi connectivity index (χ4v) is 3.38. The molecule has 0 spiro atoms. The van der Waals surface area contributed by atoms with Crippen molar-refractivity contribution in [1.29, 1.82) is 0 Å². The van der Waals surface area contributed by atoms with Crippen molar-refractivity contribution >= 4 is 17.3 Å². The second-order valence-electron chi connectivity index (χ2n) is 7.11. The molecule has 0 aromatic heterocycles. The number of amides is 1. The Balaban J connectivity index is 1.61. The van der Waals surface area contributed by atoms with Gasteiger partial charge in [-0.05, 0) is 55.8 Å². The monoisotopic (exact) mass is 384 g/mol. The number of carbonyl (C=O) groups excluding carboxylic acids is 1. The van der Waals surface area contributed by atoms with E-state index in [1.165, 1.54) is 0 Å². The lowest BCUT2D eigenvalue weighted by molar-refractivity contribution is -0.115. The fourth-order valence-electron chi connectivity index (χ4n) is 3.38. The molecule has 2 aromatic carbocycles. The molecule has 1 N–H and O–H groups in total. The smallest absolute Gasteiger partial charge is 0.228 e. The van der Waals surface area contributed by atoms with Gasteiger partial charge in [-0.2, -0.15) is 0 Å². The van der Waals surface area contributed by atoms with Gasteiger partial charge in [0.2, 0.25) is 5.91 Å². The number of nitrogens with one attached hydrogen (secondary N) is 1. The molecule has 150 valence electrons. The van der Waals surface area contributed by atoms with E-state index in [1.54, 1.807) is 20.3 Å². The summed E-state index contributed by atoms with van der Waals surface area (Å²) < 4.78 is 16.2. The maximum atomic E-state index is 12.4. The summed E-state index contributed by atoms with van der Waals surface area (Å²) in [6.07, 6.45) is 0.484. The average molecular weight is 384 g/mol. The van der Waals surface area contributed by atoms with E-state index in [2.05, 4.69) is 24.1 Å². The number of morpholine rings is 1. The third kappa shape index (κ3) is 4.75. The van der Waals surface area contributed by atoms with Crippen LogP contribution in [-0.2, 0) is 16.0 Å². The van der Waals surface area contributed by atoms with Gasteiger partial charge in [-0.25, -0.2) is 0 Å². The van der Waals surface area contributed by atoms with Crippen LogP contribution in [0.1, 0.15) is 19.4 Å². The van der Waals surface area contributed by atoms with Crippen LogP contribution in [0.5, 0.6) is 11.5 Å². The summed E-state index contributed by atoms with van der Waals surface area (Å²) in [6, 6.07) is 13.8. The first-order valence-electron chi connectivity index (χ1n) is 9.49. The Kier molecular flexibility index (Phi) is 6.41. The van der Waals surface area contributed by atoms with E-state index in [-0.39, 0.29) is 18.4 Å². The normalized spacial score (nSPS) is 19.2. The summed E-state index contributed by atoms with van der Waals surface area (Å²) in [7, 11) is 3.17. The molecule has 1 aliphatic heterocycles. The van der Waals surface area contributed by atoms with Crippen LogP contribution in [0, 0.1) is 0 Å². The minimum absolute atomic E-state index is 0.0756. The SMILES string of the molecule is COc1ccc(CC(=O)Nc2ccc(N3CC(C)OCC3C)cc2)cc1OC. The molecule has 0 aliphatic carbocycles. The Bertz CT molecular complexity index is 807. The van der Waals surface area contributed by atoms with Crippen LogP contribution in [0.15, 0.2) is 42.5 Å². The Morgan fingerprint density at radius 3 is 2.50 bits per heavy atom. The third-order valence-corrected chi connectivity index (χ3v) is 4.90. The molecule has 0 radical (unpaired) electrons. The molecule has 6 nitrogen and oxygen atoms in total. The first-order chi connectivity index (χ1) is 13.5. The number of methoxy groups -OCH3 is 2. The second kappa shape index (κ2) is 8.97. The van der Waals surface area contributed by atoms with Gasteiger partial charge < -0.3 is 24.4 Å². The van der Waals surface area contributed by atoms with Gasteiger partial charge in [0.1, 0.15) is 0 Å². The zero-order valence-corrected chi connectivity index (χ0v) is 16.9. The summed E-state index contributed by atoms with van der Waals surface area (Å²) in [5.41, 5.74) is 2.78. The van der Waals surface area contributed by atoms with E-state index >= 15 is 0 Å². The molecule has 1 aliphatic rings. The minimum Gasteiger partial charge on any atom is -0.493 e. The summed E-state index contributed by atoms with van der Waals surface area (Å²) in [5.74, 6) is 1.19. The number of hydrogen-bond acceptors (Lipinski definition) is 5. The standard InChI is InChI=1S/C22H28N2O4/c1-15-14-28-16(2)13-24(15)19-8-6-18(7-9-19)23-22(25)12-17-5-10-20(26-3)21(11-17)27-4/h5-11,15-16H,12-14H2,1-4H3,(H,23,25). The maximum Gasteiger partial charge on any atom is 0.228 e. The van der Waals surface area contributed by atoms with Gasteiger partial charge in [0.05, 0.1) is 33.4 Å². The molecule has 1 saturated heterocycles. The molecule has 0 bridgehead atoms. The lowest BCUT2D eigenvalue weighted by Crippen LogP contribution is -2.47. The van der Waals surface area contributed by atoms with Gasteiger partial charge in [-0.3, -0.25) is 4.79 Å². The molecule has 6 heteroatoms. The van der Waals surface area contributed by atoms with Crippen LogP contribution in [0.3, 0.4) is 0 Å². The first kappa shape index (κ1) is 20.0. The topological polar surface area (TPSA) is 60.0 Å². The number of anilines is 2. The Labute approximate surface area is 166 Å². The minimum atomic E-state index is -0.0756. The molecule has 1 fully saturated rings. The van der Waals surface area contributed by atoms with Crippen LogP contribution >= 0.6 is 0 Å². The van der Waals surface area contributed by atoms with E-state index in [4.69, 9.17) is 14.2 Å². The van der Waals surface area contributed by atoms with Crippen LogP contribution < -0.4 is 19.7 Å². The molecule has 2 atom stereocenters. The largest absolute Gasteiger partial charge is 0.493 e. The molecule has 1 amide bonds. The average Bonchev–Trinajstić information content (AvgIpc) is 2.70. The summed E-state index contributed by atoms with van der Waals surface area (Å²) in [5, 5.41) is 2.95. The predicted octanol–water partition coefficient (Wildman–Crippen LogP) is 3.50. The Morgan fingerprint density at radius 2 is 1.82 bits per heavy atom. The molecular formula is C22H28N2O4. The zero-order chi connectivity index (χ0) is 20.1. The van der Waals surface area contributed by atoms with Crippen molar-refractivity contribution in [2.24, 2.45) is 0 Å². The van der Waals surface area contributed by atoms with Gasteiger partial charge in [0, 0.05) is 24.0 Å². The van der Waals surface area contributed by atoms with Crippen molar-refractivity contribution in [2.45, 2.75) is 32.4 Å². The van der Waals surface area contributed by atoms with E-state index in [0.717, 1.165) is 30.1 Å². The van der Waals surface area contributed by atoms with E-state index < -0.39 is 0 Å². The van der Waals surface area contributed by atoms with Crippen molar-refractivity contribution in [3.63, 3.8) is 0 Å². The molecular weight excluding hydrogens is 356 g/mol. The molecule has 0 saturated carbocycles. The number of nitrogens with zero attached hydrogens (tertiary/aromatic N) is 1. The van der Waals surface area contributed by atoms with Crippen molar-refractivity contribution in [2.75, 3.05) is 37.6 Å².